The van der Waals surface area contributed by atoms with Crippen LogP contribution in [0.1, 0.15) is 56.0 Å². The number of nitrogens with zero attached hydrogens (tertiary/aromatic N) is 4. The van der Waals surface area contributed by atoms with Gasteiger partial charge in [-0.3, -0.25) is 4.90 Å². The molecule has 0 spiro atoms. The van der Waals surface area contributed by atoms with Crippen LogP contribution in [-0.2, 0) is 0 Å². The van der Waals surface area contributed by atoms with Crippen molar-refractivity contribution in [2.45, 2.75) is 47.5 Å². The molecule has 4 heteroatoms. The Bertz CT molecular complexity index is 3260. The zero-order valence-corrected chi connectivity index (χ0v) is 38.4. The highest BCUT2D eigenvalue weighted by Gasteiger charge is 2.27. The number of anilines is 3. The lowest BCUT2D eigenvalue weighted by molar-refractivity contribution is 0.919. The molecule has 0 radical (unpaired) electrons. The highest BCUT2D eigenvalue weighted by atomic mass is 15.3. The second kappa shape index (κ2) is 17.9. The van der Waals surface area contributed by atoms with Gasteiger partial charge in [0.25, 0.3) is 0 Å². The average Bonchev–Trinajstić information content (AvgIpc) is 3.34. The second-order valence-corrected chi connectivity index (χ2v) is 17.6. The molecule has 0 fully saturated rings. The molecule has 1 aromatic heterocycles. The third kappa shape index (κ3) is 8.19. The van der Waals surface area contributed by atoms with Crippen LogP contribution in [0.15, 0.2) is 200 Å². The van der Waals surface area contributed by atoms with Gasteiger partial charge in [0.05, 0.1) is 5.69 Å². The Labute approximate surface area is 389 Å². The first kappa shape index (κ1) is 42.0. The van der Waals surface area contributed by atoms with E-state index in [9.17, 15) is 0 Å². The van der Waals surface area contributed by atoms with Crippen LogP contribution < -0.4 is 4.90 Å². The van der Waals surface area contributed by atoms with Crippen molar-refractivity contribution in [3.63, 3.8) is 0 Å². The van der Waals surface area contributed by atoms with Gasteiger partial charge in [0, 0.05) is 28.3 Å². The normalized spacial score (nSPS) is 11.3. The average molecular weight is 853 g/mol. The van der Waals surface area contributed by atoms with Gasteiger partial charge in [0.15, 0.2) is 11.6 Å². The maximum atomic E-state index is 5.50. The van der Waals surface area contributed by atoms with Gasteiger partial charge in [-0.15, -0.1) is 0 Å². The van der Waals surface area contributed by atoms with Gasteiger partial charge in [-0.2, -0.15) is 9.97 Å². The summed E-state index contributed by atoms with van der Waals surface area (Å²) in [4.78, 5) is 18.4. The van der Waals surface area contributed by atoms with E-state index < -0.39 is 0 Å². The zero-order valence-electron chi connectivity index (χ0n) is 38.4. The molecule has 320 valence electrons. The maximum Gasteiger partial charge on any atom is 0.238 e. The SMILES string of the molecule is Cc1cc(C)c(C(c2ccc(N(c3nc(-c4ccccc4)nc(-c4ccccc4-c4ccccc4)n3)c3cc4ccccc4cc3-c3ccccc3)cc2)c2c(C)cc(C)cc2C)c(C)c1. The largest absolute Gasteiger partial charge is 0.278 e. The van der Waals surface area contributed by atoms with E-state index in [1.54, 1.807) is 0 Å². The maximum absolute atomic E-state index is 5.50. The van der Waals surface area contributed by atoms with E-state index >= 15 is 0 Å². The predicted molar refractivity (Wildman–Crippen MR) is 276 cm³/mol. The Hall–Kier alpha value is -7.95. The Balaban J connectivity index is 1.25. The number of fused-ring (bicyclic) bond motifs is 1. The molecule has 0 aliphatic carbocycles. The number of benzene rings is 9. The van der Waals surface area contributed by atoms with Crippen molar-refractivity contribution in [2.75, 3.05) is 4.90 Å². The minimum absolute atomic E-state index is 0.0252. The fraction of sp³-hybridized carbons (Fsp3) is 0.113. The third-order valence-corrected chi connectivity index (χ3v) is 12.8. The highest BCUT2D eigenvalue weighted by Crippen LogP contribution is 2.45. The van der Waals surface area contributed by atoms with Crippen LogP contribution >= 0.6 is 0 Å². The summed E-state index contributed by atoms with van der Waals surface area (Å²) in [6.07, 6.45) is 0. The Morgan fingerprint density at radius 1 is 0.364 bits per heavy atom. The lowest BCUT2D eigenvalue weighted by atomic mass is 9.77. The van der Waals surface area contributed by atoms with E-state index in [4.69, 9.17) is 15.0 Å². The van der Waals surface area contributed by atoms with Gasteiger partial charge in [-0.1, -0.05) is 187 Å². The molecule has 0 unspecified atom stereocenters. The van der Waals surface area contributed by atoms with Gasteiger partial charge < -0.3 is 0 Å². The van der Waals surface area contributed by atoms with Crippen LogP contribution in [0.3, 0.4) is 0 Å². The second-order valence-electron chi connectivity index (χ2n) is 17.6. The van der Waals surface area contributed by atoms with Gasteiger partial charge >= 0.3 is 0 Å². The quantitative estimate of drug-likeness (QED) is 0.129. The van der Waals surface area contributed by atoms with Gasteiger partial charge in [0.2, 0.25) is 5.95 Å². The summed E-state index contributed by atoms with van der Waals surface area (Å²) in [5.41, 5.74) is 19.7. The van der Waals surface area contributed by atoms with Crippen molar-refractivity contribution < 1.29 is 0 Å². The fourth-order valence-corrected chi connectivity index (χ4v) is 10.1. The van der Waals surface area contributed by atoms with E-state index in [1.807, 2.05) is 24.3 Å². The molecular weight excluding hydrogens is 801 g/mol. The van der Waals surface area contributed by atoms with Gasteiger partial charge in [-0.25, -0.2) is 4.98 Å². The van der Waals surface area contributed by atoms with Gasteiger partial charge in [-0.05, 0) is 132 Å². The first-order chi connectivity index (χ1) is 32.2. The van der Waals surface area contributed by atoms with Crippen LogP contribution in [0.5, 0.6) is 0 Å². The van der Waals surface area contributed by atoms with E-state index in [2.05, 4.69) is 222 Å². The molecular formula is C62H52N4. The van der Waals surface area contributed by atoms with Crippen LogP contribution in [0.25, 0.3) is 55.8 Å². The first-order valence-electron chi connectivity index (χ1n) is 22.8. The predicted octanol–water partition coefficient (Wildman–Crippen LogP) is 16.2. The summed E-state index contributed by atoms with van der Waals surface area (Å²) >= 11 is 0. The number of hydrogen-bond donors (Lipinski definition) is 0. The van der Waals surface area contributed by atoms with E-state index in [0.717, 1.165) is 55.5 Å². The minimum atomic E-state index is 0.0252. The summed E-state index contributed by atoms with van der Waals surface area (Å²) in [5, 5.41) is 2.28. The summed E-state index contributed by atoms with van der Waals surface area (Å²) in [5.74, 6) is 1.74. The van der Waals surface area contributed by atoms with Gasteiger partial charge in [0.1, 0.15) is 0 Å². The molecule has 0 aliphatic heterocycles. The molecule has 10 rings (SSSR count). The Kier molecular flexibility index (Phi) is 11.4. The zero-order chi connectivity index (χ0) is 45.3. The van der Waals surface area contributed by atoms with E-state index in [-0.39, 0.29) is 5.92 Å². The molecule has 0 N–H and O–H groups in total. The molecule has 0 atom stereocenters. The third-order valence-electron chi connectivity index (χ3n) is 12.8. The van der Waals surface area contributed by atoms with Crippen molar-refractivity contribution >= 4 is 28.1 Å². The highest BCUT2D eigenvalue weighted by molar-refractivity contribution is 5.98. The monoisotopic (exact) mass is 852 g/mol. The topological polar surface area (TPSA) is 41.9 Å². The fourth-order valence-electron chi connectivity index (χ4n) is 10.1. The molecule has 0 aliphatic rings. The Morgan fingerprint density at radius 2 is 0.803 bits per heavy atom. The molecule has 1 heterocycles. The number of hydrogen-bond acceptors (Lipinski definition) is 4. The van der Waals surface area contributed by atoms with Crippen molar-refractivity contribution in [1.29, 1.82) is 0 Å². The standard InChI is InChI=1S/C62H52N4/c1-40-34-42(3)57(43(4)35-40)59(58-44(5)36-41(2)37-45(58)6)48-30-32-52(33-31-48)66(56-39-51-27-17-16-26-50(51)38-55(56)47-22-12-8-13-23-47)62-64-60(49-24-14-9-15-25-49)63-61(65-62)54-29-19-18-28-53(54)46-20-10-7-11-21-46/h7-39,59H,1-6H3. The summed E-state index contributed by atoms with van der Waals surface area (Å²) < 4.78 is 0. The molecule has 0 saturated carbocycles. The molecule has 0 saturated heterocycles. The molecule has 9 aromatic carbocycles. The van der Waals surface area contributed by atoms with E-state index in [0.29, 0.717) is 17.6 Å². The summed E-state index contributed by atoms with van der Waals surface area (Å²) in [6.45, 7) is 13.4. The molecule has 10 aromatic rings. The number of aryl methyl sites for hydroxylation is 6. The molecule has 4 nitrogen and oxygen atoms in total. The molecule has 66 heavy (non-hydrogen) atoms. The Morgan fingerprint density at radius 3 is 1.35 bits per heavy atom. The van der Waals surface area contributed by atoms with Crippen LogP contribution in [0.4, 0.5) is 17.3 Å². The minimum Gasteiger partial charge on any atom is -0.278 e. The van der Waals surface area contributed by atoms with Crippen LogP contribution in [0, 0.1) is 41.5 Å². The molecule has 0 amide bonds. The van der Waals surface area contributed by atoms with Crippen LogP contribution in [0.2, 0.25) is 0 Å². The summed E-state index contributed by atoms with van der Waals surface area (Å²) in [6, 6.07) is 71.4. The lowest BCUT2D eigenvalue weighted by Gasteiger charge is -2.29. The lowest BCUT2D eigenvalue weighted by Crippen LogP contribution is -2.17. The number of rotatable bonds is 10. The number of aromatic nitrogens is 3. The van der Waals surface area contributed by atoms with Crippen molar-refractivity contribution in [1.82, 2.24) is 15.0 Å². The van der Waals surface area contributed by atoms with E-state index in [1.165, 1.54) is 50.1 Å². The smallest absolute Gasteiger partial charge is 0.238 e. The van der Waals surface area contributed by atoms with Crippen molar-refractivity contribution in [3.05, 3.63) is 250 Å². The summed E-state index contributed by atoms with van der Waals surface area (Å²) in [7, 11) is 0. The molecule has 0 bridgehead atoms. The van der Waals surface area contributed by atoms with Crippen molar-refractivity contribution in [3.8, 4) is 45.0 Å². The van der Waals surface area contributed by atoms with Crippen LogP contribution in [-0.4, -0.2) is 15.0 Å². The van der Waals surface area contributed by atoms with Crippen molar-refractivity contribution in [2.24, 2.45) is 0 Å². The first-order valence-corrected chi connectivity index (χ1v) is 22.8.